The van der Waals surface area contributed by atoms with Gasteiger partial charge in [0.1, 0.15) is 11.5 Å². The zero-order chi connectivity index (χ0) is 19.0. The largest absolute Gasteiger partial charge is 0.347 e. The predicted octanol–water partition coefficient (Wildman–Crippen LogP) is 5.08. The van der Waals surface area contributed by atoms with Crippen LogP contribution in [0.5, 0.6) is 0 Å². The van der Waals surface area contributed by atoms with E-state index >= 15 is 0 Å². The molecule has 0 amide bonds. The van der Waals surface area contributed by atoms with E-state index in [9.17, 15) is 13.2 Å². The van der Waals surface area contributed by atoms with E-state index < -0.39 is 23.1 Å². The van der Waals surface area contributed by atoms with Crippen LogP contribution in [0.15, 0.2) is 30.3 Å². The number of aryl methyl sites for hydroxylation is 2. The summed E-state index contributed by atoms with van der Waals surface area (Å²) in [6.07, 6.45) is 0. The second kappa shape index (κ2) is 6.73. The van der Waals surface area contributed by atoms with Crippen LogP contribution in [0.3, 0.4) is 0 Å². The Bertz CT molecular complexity index is 1030. The highest BCUT2D eigenvalue weighted by atomic mass is 35.5. The van der Waals surface area contributed by atoms with Gasteiger partial charge in [-0.3, -0.25) is 4.68 Å². The lowest BCUT2D eigenvalue weighted by molar-refractivity contribution is 0.590. The van der Waals surface area contributed by atoms with Gasteiger partial charge in [-0.1, -0.05) is 11.6 Å². The first kappa shape index (κ1) is 17.8. The lowest BCUT2D eigenvalue weighted by atomic mass is 10.1. The van der Waals surface area contributed by atoms with Crippen molar-refractivity contribution in [3.8, 4) is 17.3 Å². The third-order valence-corrected chi connectivity index (χ3v) is 4.14. The van der Waals surface area contributed by atoms with E-state index in [1.165, 1.54) is 16.8 Å². The molecule has 1 heterocycles. The quantitative estimate of drug-likeness (QED) is 0.693. The molecule has 0 unspecified atom stereocenters. The van der Waals surface area contributed by atoms with Gasteiger partial charge in [0.2, 0.25) is 0 Å². The van der Waals surface area contributed by atoms with Gasteiger partial charge in [-0.2, -0.15) is 10.4 Å². The number of nitrogens with one attached hydrogen (secondary N) is 1. The normalized spacial score (nSPS) is 10.7. The van der Waals surface area contributed by atoms with Gasteiger partial charge < -0.3 is 5.32 Å². The van der Waals surface area contributed by atoms with Crippen molar-refractivity contribution in [2.45, 2.75) is 6.92 Å². The predicted molar refractivity (Wildman–Crippen MR) is 92.7 cm³/mol. The van der Waals surface area contributed by atoms with E-state index in [0.29, 0.717) is 22.6 Å². The van der Waals surface area contributed by atoms with Gasteiger partial charge in [0.25, 0.3) is 0 Å². The fourth-order valence-corrected chi connectivity index (χ4v) is 2.94. The van der Waals surface area contributed by atoms with Crippen LogP contribution in [0, 0.1) is 35.7 Å². The van der Waals surface area contributed by atoms with E-state index in [1.807, 2.05) is 0 Å². The van der Waals surface area contributed by atoms with Gasteiger partial charge in [-0.25, -0.2) is 13.2 Å². The van der Waals surface area contributed by atoms with Crippen molar-refractivity contribution in [1.29, 1.82) is 5.26 Å². The fraction of sp³-hybridized carbons (Fsp3) is 0.111. The molecule has 26 heavy (non-hydrogen) atoms. The smallest absolute Gasteiger partial charge is 0.150 e. The number of hydrogen-bond acceptors (Lipinski definition) is 3. The summed E-state index contributed by atoms with van der Waals surface area (Å²) in [5.74, 6) is -2.33. The number of aromatic nitrogens is 2. The number of halogens is 4. The monoisotopic (exact) mass is 376 g/mol. The molecule has 0 aliphatic rings. The molecule has 132 valence electrons. The summed E-state index contributed by atoms with van der Waals surface area (Å²) in [7, 11) is 1.64. The summed E-state index contributed by atoms with van der Waals surface area (Å²) in [6.45, 7) is 1.66. The van der Waals surface area contributed by atoms with Crippen molar-refractivity contribution in [1.82, 2.24) is 9.78 Å². The molecule has 3 rings (SSSR count). The minimum atomic E-state index is -0.916. The van der Waals surface area contributed by atoms with Crippen LogP contribution in [0.25, 0.3) is 11.3 Å². The average molecular weight is 377 g/mol. The molecule has 0 atom stereocenters. The molecule has 0 saturated carbocycles. The third kappa shape index (κ3) is 3.11. The van der Waals surface area contributed by atoms with Crippen LogP contribution in [0.4, 0.5) is 24.5 Å². The van der Waals surface area contributed by atoms with Crippen molar-refractivity contribution in [2.75, 3.05) is 5.32 Å². The zero-order valence-corrected chi connectivity index (χ0v) is 14.5. The molecule has 0 aliphatic heterocycles. The summed E-state index contributed by atoms with van der Waals surface area (Å²) in [5.41, 5.74) is 1.13. The Balaban J connectivity index is 2.15. The van der Waals surface area contributed by atoms with Crippen LogP contribution in [-0.2, 0) is 7.05 Å². The molecule has 0 fully saturated rings. The van der Waals surface area contributed by atoms with Crippen LogP contribution < -0.4 is 5.32 Å². The fourth-order valence-electron chi connectivity index (χ4n) is 2.68. The SMILES string of the molecule is Cc1nn(C)c(-c2ccc(F)cc2Cl)c1Nc1c(F)cc(C#N)cc1F. The van der Waals surface area contributed by atoms with Crippen molar-refractivity contribution in [3.63, 3.8) is 0 Å². The molecule has 0 aliphatic carbocycles. The highest BCUT2D eigenvalue weighted by Gasteiger charge is 2.21. The maximum atomic E-state index is 14.2. The maximum absolute atomic E-state index is 14.2. The number of anilines is 2. The Morgan fingerprint density at radius 3 is 2.35 bits per heavy atom. The number of benzene rings is 2. The van der Waals surface area contributed by atoms with Crippen LogP contribution in [0.2, 0.25) is 5.02 Å². The first-order valence-electron chi connectivity index (χ1n) is 7.47. The second-order valence-electron chi connectivity index (χ2n) is 5.61. The summed E-state index contributed by atoms with van der Waals surface area (Å²) >= 11 is 6.13. The first-order valence-corrected chi connectivity index (χ1v) is 7.84. The van der Waals surface area contributed by atoms with E-state index in [1.54, 1.807) is 20.0 Å². The van der Waals surface area contributed by atoms with E-state index in [-0.39, 0.29) is 10.6 Å². The molecule has 0 saturated heterocycles. The second-order valence-corrected chi connectivity index (χ2v) is 6.02. The van der Waals surface area contributed by atoms with Gasteiger partial charge in [-0.05, 0) is 37.3 Å². The molecule has 0 bridgehead atoms. The van der Waals surface area contributed by atoms with Crippen LogP contribution >= 0.6 is 11.6 Å². The number of nitrogens with zero attached hydrogens (tertiary/aromatic N) is 3. The van der Waals surface area contributed by atoms with Gasteiger partial charge in [0.15, 0.2) is 11.6 Å². The molecular weight excluding hydrogens is 365 g/mol. The lowest BCUT2D eigenvalue weighted by Gasteiger charge is -2.13. The van der Waals surface area contributed by atoms with Crippen molar-refractivity contribution in [3.05, 3.63) is 64.1 Å². The number of rotatable bonds is 3. The first-order chi connectivity index (χ1) is 12.3. The standard InChI is InChI=1S/C18H12ClF3N4/c1-9-16(24-17-14(21)5-10(8-23)6-15(17)22)18(26(2)25-9)12-4-3-11(20)7-13(12)19/h3-7,24H,1-2H3. The van der Waals surface area contributed by atoms with Crippen LogP contribution in [0.1, 0.15) is 11.3 Å². The summed E-state index contributed by atoms with van der Waals surface area (Å²) in [5, 5.41) is 15.9. The van der Waals surface area contributed by atoms with Crippen LogP contribution in [-0.4, -0.2) is 9.78 Å². The summed E-state index contributed by atoms with van der Waals surface area (Å²) in [4.78, 5) is 0. The third-order valence-electron chi connectivity index (χ3n) is 3.83. The molecule has 4 nitrogen and oxygen atoms in total. The molecule has 0 spiro atoms. The highest BCUT2D eigenvalue weighted by molar-refractivity contribution is 6.33. The zero-order valence-electron chi connectivity index (χ0n) is 13.7. The van der Waals surface area contributed by atoms with E-state index in [2.05, 4.69) is 10.4 Å². The molecule has 3 aromatic rings. The number of hydrogen-bond donors (Lipinski definition) is 1. The molecule has 1 aromatic heterocycles. The van der Waals surface area contributed by atoms with Crippen molar-refractivity contribution >= 4 is 23.0 Å². The minimum Gasteiger partial charge on any atom is -0.347 e. The Labute approximate surface area is 152 Å². The van der Waals surface area contributed by atoms with Gasteiger partial charge in [0.05, 0.1) is 33.7 Å². The number of nitriles is 1. The Morgan fingerprint density at radius 1 is 1.12 bits per heavy atom. The van der Waals surface area contributed by atoms with Crippen molar-refractivity contribution < 1.29 is 13.2 Å². The van der Waals surface area contributed by atoms with Crippen molar-refractivity contribution in [2.24, 2.45) is 7.05 Å². The molecule has 0 radical (unpaired) electrons. The van der Waals surface area contributed by atoms with Gasteiger partial charge >= 0.3 is 0 Å². The Hall–Kier alpha value is -2.98. The highest BCUT2D eigenvalue weighted by Crippen LogP contribution is 2.38. The van der Waals surface area contributed by atoms with Gasteiger partial charge in [-0.15, -0.1) is 0 Å². The lowest BCUT2D eigenvalue weighted by Crippen LogP contribution is -2.01. The molecule has 2 aromatic carbocycles. The summed E-state index contributed by atoms with van der Waals surface area (Å²) in [6, 6.07) is 7.39. The molecule has 1 N–H and O–H groups in total. The Kier molecular flexibility index (Phi) is 4.62. The minimum absolute atomic E-state index is 0.129. The summed E-state index contributed by atoms with van der Waals surface area (Å²) < 4.78 is 43.3. The van der Waals surface area contributed by atoms with E-state index in [4.69, 9.17) is 16.9 Å². The average Bonchev–Trinajstić information content (AvgIpc) is 2.84. The Morgan fingerprint density at radius 2 is 1.77 bits per heavy atom. The topological polar surface area (TPSA) is 53.6 Å². The van der Waals surface area contributed by atoms with Gasteiger partial charge in [0, 0.05) is 12.6 Å². The molecular formula is C18H12ClF3N4. The maximum Gasteiger partial charge on any atom is 0.150 e. The van der Waals surface area contributed by atoms with E-state index in [0.717, 1.165) is 18.2 Å². The molecule has 8 heteroatoms.